The summed E-state index contributed by atoms with van der Waals surface area (Å²) in [5.74, 6) is -0.0680. The summed E-state index contributed by atoms with van der Waals surface area (Å²) in [6, 6.07) is 10.6. The molecule has 2 amide bonds. The Morgan fingerprint density at radius 3 is 2.71 bits per heavy atom. The van der Waals surface area contributed by atoms with Gasteiger partial charge in [0.1, 0.15) is 6.04 Å². The Morgan fingerprint density at radius 1 is 1.25 bits per heavy atom. The zero-order chi connectivity index (χ0) is 17.1. The Hall–Kier alpha value is -2.76. The minimum atomic E-state index is -0.453. The molecule has 0 spiro atoms. The number of benzene rings is 1. The third-order valence-electron chi connectivity index (χ3n) is 4.05. The Bertz CT molecular complexity index is 756. The maximum Gasteiger partial charge on any atom is 0.251 e. The van der Waals surface area contributed by atoms with Gasteiger partial charge in [-0.25, -0.2) is 0 Å². The highest BCUT2D eigenvalue weighted by molar-refractivity contribution is 5.98. The van der Waals surface area contributed by atoms with Crippen molar-refractivity contribution in [3.8, 4) is 11.3 Å². The van der Waals surface area contributed by atoms with Crippen molar-refractivity contribution in [3.05, 3.63) is 47.7 Å². The summed E-state index contributed by atoms with van der Waals surface area (Å²) in [5.41, 5.74) is 2.97. The van der Waals surface area contributed by atoms with Crippen molar-refractivity contribution in [2.45, 2.75) is 32.2 Å². The number of carbonyl (C=O) groups is 2. The summed E-state index contributed by atoms with van der Waals surface area (Å²) in [4.78, 5) is 23.9. The van der Waals surface area contributed by atoms with E-state index in [2.05, 4.69) is 34.7 Å². The molecule has 1 saturated heterocycles. The molecule has 124 valence electrons. The van der Waals surface area contributed by atoms with E-state index in [0.29, 0.717) is 30.1 Å². The number of amides is 2. The van der Waals surface area contributed by atoms with Gasteiger partial charge >= 0.3 is 0 Å². The van der Waals surface area contributed by atoms with E-state index >= 15 is 0 Å². The van der Waals surface area contributed by atoms with Crippen molar-refractivity contribution in [3.63, 3.8) is 0 Å². The monoisotopic (exact) mass is 324 g/mol. The summed E-state index contributed by atoms with van der Waals surface area (Å²) in [7, 11) is 0. The third kappa shape index (κ3) is 3.42. The molecule has 1 aromatic carbocycles. The molecular formula is C18H20N4O2. The van der Waals surface area contributed by atoms with Crippen LogP contribution in [0.15, 0.2) is 36.4 Å². The fraction of sp³-hybridized carbons (Fsp3) is 0.333. The van der Waals surface area contributed by atoms with Crippen LogP contribution in [0.2, 0.25) is 0 Å². The highest BCUT2D eigenvalue weighted by atomic mass is 16.2. The maximum atomic E-state index is 12.3. The Labute approximate surface area is 140 Å². The standard InChI is InChI=1S/C18H20N4O2/c1-11(2)14-6-7-15(22-21-14)12-4-3-5-13(10-12)17(23)20-16-8-9-19-18(16)24/h3-7,10-11,16H,8-9H2,1-2H3,(H,19,24)(H,20,23)/t16-/m1/s1. The first-order chi connectivity index (χ1) is 11.5. The SMILES string of the molecule is CC(C)c1ccc(-c2cccc(C(=O)N[C@@H]3CCNC3=O)c2)nn1. The number of hydrogen-bond donors (Lipinski definition) is 2. The van der Waals surface area contributed by atoms with E-state index in [1.165, 1.54) is 0 Å². The van der Waals surface area contributed by atoms with E-state index in [1.807, 2.05) is 18.2 Å². The zero-order valence-electron chi connectivity index (χ0n) is 13.7. The van der Waals surface area contributed by atoms with E-state index in [-0.39, 0.29) is 11.8 Å². The fourth-order valence-electron chi connectivity index (χ4n) is 2.60. The molecule has 3 rings (SSSR count). The Kier molecular flexibility index (Phi) is 4.55. The molecular weight excluding hydrogens is 304 g/mol. The number of nitrogens with one attached hydrogen (secondary N) is 2. The quantitative estimate of drug-likeness (QED) is 0.899. The molecule has 24 heavy (non-hydrogen) atoms. The average molecular weight is 324 g/mol. The van der Waals surface area contributed by atoms with Crippen molar-refractivity contribution < 1.29 is 9.59 Å². The van der Waals surface area contributed by atoms with Gasteiger partial charge in [-0.15, -0.1) is 0 Å². The van der Waals surface area contributed by atoms with Gasteiger partial charge in [-0.05, 0) is 36.6 Å². The molecule has 1 aromatic heterocycles. The second-order valence-electron chi connectivity index (χ2n) is 6.18. The Balaban J connectivity index is 1.78. The third-order valence-corrected chi connectivity index (χ3v) is 4.05. The van der Waals surface area contributed by atoms with Gasteiger partial charge in [-0.3, -0.25) is 9.59 Å². The minimum absolute atomic E-state index is 0.130. The van der Waals surface area contributed by atoms with Gasteiger partial charge in [0.2, 0.25) is 5.91 Å². The average Bonchev–Trinajstić information content (AvgIpc) is 3.00. The van der Waals surface area contributed by atoms with Crippen LogP contribution in [0.1, 0.15) is 42.2 Å². The highest BCUT2D eigenvalue weighted by Crippen LogP contribution is 2.19. The molecule has 0 radical (unpaired) electrons. The summed E-state index contributed by atoms with van der Waals surface area (Å²) in [6.45, 7) is 4.73. The Morgan fingerprint density at radius 2 is 2.08 bits per heavy atom. The number of carbonyl (C=O) groups excluding carboxylic acids is 2. The van der Waals surface area contributed by atoms with Gasteiger partial charge < -0.3 is 10.6 Å². The molecule has 0 unspecified atom stereocenters. The summed E-state index contributed by atoms with van der Waals surface area (Å²) >= 11 is 0. The lowest BCUT2D eigenvalue weighted by Crippen LogP contribution is -2.40. The molecule has 2 aromatic rings. The van der Waals surface area contributed by atoms with Crippen LogP contribution in [0.4, 0.5) is 0 Å². The van der Waals surface area contributed by atoms with Gasteiger partial charge in [-0.1, -0.05) is 26.0 Å². The highest BCUT2D eigenvalue weighted by Gasteiger charge is 2.25. The van der Waals surface area contributed by atoms with Gasteiger partial charge in [0, 0.05) is 17.7 Å². The predicted molar refractivity (Wildman–Crippen MR) is 90.4 cm³/mol. The first kappa shape index (κ1) is 16.1. The van der Waals surface area contributed by atoms with Crippen molar-refractivity contribution in [1.82, 2.24) is 20.8 Å². The summed E-state index contributed by atoms with van der Waals surface area (Å²) in [5, 5.41) is 13.9. The first-order valence-corrected chi connectivity index (χ1v) is 8.07. The predicted octanol–water partition coefficient (Wildman–Crippen LogP) is 1.89. The molecule has 6 nitrogen and oxygen atoms in total. The fourth-order valence-corrected chi connectivity index (χ4v) is 2.60. The smallest absolute Gasteiger partial charge is 0.251 e. The lowest BCUT2D eigenvalue weighted by Gasteiger charge is -2.11. The van der Waals surface area contributed by atoms with Crippen LogP contribution in [0.5, 0.6) is 0 Å². The first-order valence-electron chi connectivity index (χ1n) is 8.07. The molecule has 2 heterocycles. The molecule has 1 atom stereocenters. The largest absolute Gasteiger partial charge is 0.354 e. The second kappa shape index (κ2) is 6.78. The molecule has 6 heteroatoms. The van der Waals surface area contributed by atoms with E-state index in [0.717, 1.165) is 11.3 Å². The van der Waals surface area contributed by atoms with E-state index in [4.69, 9.17) is 0 Å². The minimum Gasteiger partial charge on any atom is -0.354 e. The van der Waals surface area contributed by atoms with Gasteiger partial charge in [0.05, 0.1) is 11.4 Å². The van der Waals surface area contributed by atoms with Crippen molar-refractivity contribution >= 4 is 11.8 Å². The number of rotatable bonds is 4. The molecule has 1 aliphatic heterocycles. The molecule has 0 bridgehead atoms. The van der Waals surface area contributed by atoms with Crippen LogP contribution in [0.25, 0.3) is 11.3 Å². The summed E-state index contributed by atoms with van der Waals surface area (Å²) < 4.78 is 0. The molecule has 0 aliphatic carbocycles. The number of nitrogens with zero attached hydrogens (tertiary/aromatic N) is 2. The maximum absolute atomic E-state index is 12.3. The van der Waals surface area contributed by atoms with E-state index in [1.54, 1.807) is 18.2 Å². The lowest BCUT2D eigenvalue weighted by molar-refractivity contribution is -0.120. The van der Waals surface area contributed by atoms with Crippen LogP contribution in [-0.2, 0) is 4.79 Å². The lowest BCUT2D eigenvalue weighted by atomic mass is 10.1. The number of aromatic nitrogens is 2. The summed E-state index contributed by atoms with van der Waals surface area (Å²) in [6.07, 6.45) is 0.617. The molecule has 0 saturated carbocycles. The van der Waals surface area contributed by atoms with Crippen molar-refractivity contribution in [2.24, 2.45) is 0 Å². The van der Waals surface area contributed by atoms with Crippen LogP contribution < -0.4 is 10.6 Å². The zero-order valence-corrected chi connectivity index (χ0v) is 13.7. The molecule has 2 N–H and O–H groups in total. The van der Waals surface area contributed by atoms with E-state index < -0.39 is 6.04 Å². The van der Waals surface area contributed by atoms with Gasteiger partial charge in [-0.2, -0.15) is 10.2 Å². The van der Waals surface area contributed by atoms with E-state index in [9.17, 15) is 9.59 Å². The topological polar surface area (TPSA) is 84.0 Å². The van der Waals surface area contributed by atoms with Gasteiger partial charge in [0.15, 0.2) is 0 Å². The van der Waals surface area contributed by atoms with Crippen LogP contribution in [-0.4, -0.2) is 34.6 Å². The molecule has 1 fully saturated rings. The van der Waals surface area contributed by atoms with Crippen molar-refractivity contribution in [1.29, 1.82) is 0 Å². The normalized spacial score (nSPS) is 17.0. The second-order valence-corrected chi connectivity index (χ2v) is 6.18. The van der Waals surface area contributed by atoms with Gasteiger partial charge in [0.25, 0.3) is 5.91 Å². The van der Waals surface area contributed by atoms with Crippen LogP contribution in [0, 0.1) is 0 Å². The molecule has 1 aliphatic rings. The van der Waals surface area contributed by atoms with Crippen LogP contribution >= 0.6 is 0 Å². The van der Waals surface area contributed by atoms with Crippen molar-refractivity contribution in [2.75, 3.05) is 6.54 Å². The van der Waals surface area contributed by atoms with Crippen LogP contribution in [0.3, 0.4) is 0 Å². The number of hydrogen-bond acceptors (Lipinski definition) is 4.